The van der Waals surface area contributed by atoms with Crippen molar-refractivity contribution < 1.29 is 13.2 Å². The van der Waals surface area contributed by atoms with Gasteiger partial charge in [-0.2, -0.15) is 18.4 Å². The third kappa shape index (κ3) is 3.33. The molecule has 0 saturated heterocycles. The maximum atomic E-state index is 11.9. The summed E-state index contributed by atoms with van der Waals surface area (Å²) in [6.07, 6.45) is -4.32. The predicted molar refractivity (Wildman–Crippen MR) is 50.7 cm³/mol. The van der Waals surface area contributed by atoms with Crippen LogP contribution in [-0.2, 0) is 0 Å². The third-order valence-electron chi connectivity index (χ3n) is 1.60. The van der Waals surface area contributed by atoms with Crippen molar-refractivity contribution in [2.24, 2.45) is 0 Å². The van der Waals surface area contributed by atoms with E-state index in [9.17, 15) is 13.2 Å². The summed E-state index contributed by atoms with van der Waals surface area (Å²) < 4.78 is 35.7. The molecular weight excluding hydrogens is 229 g/mol. The fraction of sp³-hybridized carbons (Fsp3) is 0.222. The molecule has 1 rings (SSSR count). The number of hydrogen-bond donors (Lipinski definition) is 1. The Balaban J connectivity index is 2.87. The van der Waals surface area contributed by atoms with E-state index in [1.807, 2.05) is 0 Å². The highest BCUT2D eigenvalue weighted by Crippen LogP contribution is 2.24. The van der Waals surface area contributed by atoms with Crippen LogP contribution in [0.25, 0.3) is 0 Å². The average Bonchev–Trinajstić information content (AvgIpc) is 2.13. The second kappa shape index (κ2) is 4.41. The summed E-state index contributed by atoms with van der Waals surface area (Å²) in [6, 6.07) is 6.03. The number of hydrogen-bond acceptors (Lipinski definition) is 2. The predicted octanol–water partition coefficient (Wildman–Crippen LogP) is 3.19. The number of nitrogens with one attached hydrogen (secondary N) is 1. The number of anilines is 1. The van der Waals surface area contributed by atoms with Crippen LogP contribution in [0.15, 0.2) is 18.2 Å². The number of nitriles is 1. The zero-order chi connectivity index (χ0) is 11.5. The lowest BCUT2D eigenvalue weighted by molar-refractivity contribution is -0.115. The fourth-order valence-corrected chi connectivity index (χ4v) is 1.20. The maximum Gasteiger partial charge on any atom is 0.405 e. The van der Waals surface area contributed by atoms with Gasteiger partial charge in [0, 0.05) is 0 Å². The average molecular weight is 235 g/mol. The molecule has 0 radical (unpaired) electrons. The molecule has 1 aromatic rings. The minimum Gasteiger partial charge on any atom is -0.375 e. The number of alkyl halides is 3. The molecule has 0 aromatic heterocycles. The van der Waals surface area contributed by atoms with E-state index in [0.29, 0.717) is 0 Å². The number of rotatable bonds is 2. The topological polar surface area (TPSA) is 35.8 Å². The van der Waals surface area contributed by atoms with Crippen LogP contribution in [0.1, 0.15) is 5.56 Å². The zero-order valence-corrected chi connectivity index (χ0v) is 8.15. The van der Waals surface area contributed by atoms with Gasteiger partial charge in [-0.25, -0.2) is 0 Å². The van der Waals surface area contributed by atoms with Crippen molar-refractivity contribution in [3.63, 3.8) is 0 Å². The molecule has 15 heavy (non-hydrogen) atoms. The monoisotopic (exact) mass is 234 g/mol. The summed E-state index contributed by atoms with van der Waals surface area (Å²) in [5, 5.41) is 10.9. The quantitative estimate of drug-likeness (QED) is 0.853. The molecule has 0 heterocycles. The molecule has 0 amide bonds. The normalized spacial score (nSPS) is 10.9. The van der Waals surface area contributed by atoms with Crippen LogP contribution >= 0.6 is 11.6 Å². The molecule has 80 valence electrons. The highest BCUT2D eigenvalue weighted by Gasteiger charge is 2.27. The highest BCUT2D eigenvalue weighted by molar-refractivity contribution is 6.32. The minimum absolute atomic E-state index is 0.0171. The van der Waals surface area contributed by atoms with Gasteiger partial charge < -0.3 is 5.32 Å². The van der Waals surface area contributed by atoms with E-state index >= 15 is 0 Å². The first-order chi connectivity index (χ1) is 6.94. The molecular formula is C9H6ClF3N2. The molecule has 0 atom stereocenters. The molecule has 0 aliphatic carbocycles. The van der Waals surface area contributed by atoms with E-state index in [2.05, 4.69) is 5.32 Å². The lowest BCUT2D eigenvalue weighted by Crippen LogP contribution is -2.21. The molecule has 2 nitrogen and oxygen atoms in total. The van der Waals surface area contributed by atoms with E-state index in [-0.39, 0.29) is 16.3 Å². The van der Waals surface area contributed by atoms with Crippen LogP contribution in [0.4, 0.5) is 18.9 Å². The van der Waals surface area contributed by atoms with Crippen molar-refractivity contribution in [1.82, 2.24) is 0 Å². The van der Waals surface area contributed by atoms with Crippen molar-refractivity contribution in [2.45, 2.75) is 6.18 Å². The van der Waals surface area contributed by atoms with E-state index in [0.717, 1.165) is 0 Å². The molecule has 0 bridgehead atoms. The third-order valence-corrected chi connectivity index (χ3v) is 1.92. The van der Waals surface area contributed by atoms with Crippen molar-refractivity contribution in [3.05, 3.63) is 28.8 Å². The number of benzene rings is 1. The first-order valence-corrected chi connectivity index (χ1v) is 4.31. The van der Waals surface area contributed by atoms with Crippen LogP contribution in [0.5, 0.6) is 0 Å². The van der Waals surface area contributed by atoms with Gasteiger partial charge in [-0.05, 0) is 12.1 Å². The summed E-state index contributed by atoms with van der Waals surface area (Å²) in [6.45, 7) is -1.19. The van der Waals surface area contributed by atoms with Crippen LogP contribution < -0.4 is 5.32 Å². The molecule has 0 fully saturated rings. The molecule has 0 unspecified atom stereocenters. The molecule has 6 heteroatoms. The summed E-state index contributed by atoms with van der Waals surface area (Å²) in [4.78, 5) is 0. The fourth-order valence-electron chi connectivity index (χ4n) is 0.981. The molecule has 0 saturated carbocycles. The van der Waals surface area contributed by atoms with E-state index in [4.69, 9.17) is 16.9 Å². The van der Waals surface area contributed by atoms with E-state index in [1.54, 1.807) is 6.07 Å². The van der Waals surface area contributed by atoms with Crippen LogP contribution in [0.3, 0.4) is 0 Å². The molecule has 0 spiro atoms. The van der Waals surface area contributed by atoms with Gasteiger partial charge >= 0.3 is 6.18 Å². The molecule has 0 aliphatic rings. The largest absolute Gasteiger partial charge is 0.405 e. The Morgan fingerprint density at radius 1 is 1.40 bits per heavy atom. The Bertz CT molecular complexity index is 395. The van der Waals surface area contributed by atoms with Crippen molar-refractivity contribution >= 4 is 17.3 Å². The first kappa shape index (κ1) is 11.7. The van der Waals surface area contributed by atoms with Crippen molar-refractivity contribution in [2.75, 3.05) is 11.9 Å². The maximum absolute atomic E-state index is 11.9. The SMILES string of the molecule is N#Cc1c(Cl)cccc1NCC(F)(F)F. The second-order valence-corrected chi connectivity index (χ2v) is 3.15. The van der Waals surface area contributed by atoms with Gasteiger partial charge in [-0.1, -0.05) is 17.7 Å². The van der Waals surface area contributed by atoms with E-state index < -0.39 is 12.7 Å². The van der Waals surface area contributed by atoms with Gasteiger partial charge in [-0.15, -0.1) is 0 Å². The second-order valence-electron chi connectivity index (χ2n) is 2.74. The smallest absolute Gasteiger partial charge is 0.375 e. The zero-order valence-electron chi connectivity index (χ0n) is 7.40. The van der Waals surface area contributed by atoms with Gasteiger partial charge in [0.05, 0.1) is 16.3 Å². The van der Waals surface area contributed by atoms with Crippen LogP contribution in [0, 0.1) is 11.3 Å². The number of halogens is 4. The Morgan fingerprint density at radius 3 is 2.60 bits per heavy atom. The summed E-state index contributed by atoms with van der Waals surface area (Å²) in [7, 11) is 0. The Morgan fingerprint density at radius 2 is 2.07 bits per heavy atom. The van der Waals surface area contributed by atoms with Gasteiger partial charge in [0.15, 0.2) is 0 Å². The Kier molecular flexibility index (Phi) is 3.43. The summed E-state index contributed by atoms with van der Waals surface area (Å²) in [5.41, 5.74) is 0.103. The molecule has 0 aliphatic heterocycles. The van der Waals surface area contributed by atoms with Gasteiger partial charge in [-0.3, -0.25) is 0 Å². The summed E-state index contributed by atoms with van der Waals surface area (Å²) >= 11 is 5.64. The van der Waals surface area contributed by atoms with Gasteiger partial charge in [0.2, 0.25) is 0 Å². The van der Waals surface area contributed by atoms with Crippen LogP contribution in [-0.4, -0.2) is 12.7 Å². The van der Waals surface area contributed by atoms with Crippen molar-refractivity contribution in [1.29, 1.82) is 5.26 Å². The van der Waals surface area contributed by atoms with E-state index in [1.165, 1.54) is 18.2 Å². The standard InChI is InChI=1S/C9H6ClF3N2/c10-7-2-1-3-8(6(7)4-14)15-5-9(11,12)13/h1-3,15H,5H2. The lowest BCUT2D eigenvalue weighted by Gasteiger charge is -2.11. The first-order valence-electron chi connectivity index (χ1n) is 3.93. The number of nitrogens with zero attached hydrogens (tertiary/aromatic N) is 1. The lowest BCUT2D eigenvalue weighted by atomic mass is 10.2. The highest BCUT2D eigenvalue weighted by atomic mass is 35.5. The molecule has 1 N–H and O–H groups in total. The summed E-state index contributed by atoms with van der Waals surface area (Å²) in [5.74, 6) is 0. The van der Waals surface area contributed by atoms with Crippen molar-refractivity contribution in [3.8, 4) is 6.07 Å². The van der Waals surface area contributed by atoms with Crippen LogP contribution in [0.2, 0.25) is 5.02 Å². The van der Waals surface area contributed by atoms with Gasteiger partial charge in [0.25, 0.3) is 0 Å². The minimum atomic E-state index is -4.32. The van der Waals surface area contributed by atoms with Gasteiger partial charge in [0.1, 0.15) is 12.6 Å². The Labute approximate surface area is 89.3 Å². The molecule has 1 aromatic carbocycles. The Hall–Kier alpha value is -1.41.